The van der Waals surface area contributed by atoms with Gasteiger partial charge in [0.2, 0.25) is 5.91 Å². The summed E-state index contributed by atoms with van der Waals surface area (Å²) < 4.78 is 10.7. The number of rotatable bonds is 4. The Hall–Kier alpha value is -3.08. The third kappa shape index (κ3) is 7.56. The van der Waals surface area contributed by atoms with Gasteiger partial charge < -0.3 is 29.2 Å². The van der Waals surface area contributed by atoms with Gasteiger partial charge in [-0.3, -0.25) is 9.69 Å². The molecule has 0 bridgehead atoms. The standard InChI is InChI=1S/C19H29N3O4.C2H2O4/c1-3-25-19(24)22-12-10-21(11-13-22)18(23)16-6-8-20(9-7-16)14-17-5-4-15(2)26-17;3-1(4)2(5)6/h4-5,16H,3,6-14H2,1-2H3;(H,3,4)(H,5,6). The maximum Gasteiger partial charge on any atom is 0.414 e. The second kappa shape index (κ2) is 12.1. The lowest BCUT2D eigenvalue weighted by molar-refractivity contribution is -0.159. The molecular formula is C21H31N3O8. The number of aryl methyl sites for hydroxylation is 1. The molecule has 2 fully saturated rings. The largest absolute Gasteiger partial charge is 0.473 e. The molecule has 2 aliphatic heterocycles. The van der Waals surface area contributed by atoms with E-state index >= 15 is 0 Å². The number of likely N-dealkylation sites (tertiary alicyclic amines) is 1. The second-order valence-corrected chi connectivity index (χ2v) is 7.68. The molecule has 0 aliphatic carbocycles. The number of hydrogen-bond donors (Lipinski definition) is 2. The lowest BCUT2D eigenvalue weighted by atomic mass is 9.95. The molecule has 2 saturated heterocycles. The van der Waals surface area contributed by atoms with E-state index in [-0.39, 0.29) is 17.9 Å². The van der Waals surface area contributed by atoms with E-state index < -0.39 is 11.9 Å². The van der Waals surface area contributed by atoms with Crippen LogP contribution in [-0.4, -0.2) is 94.7 Å². The van der Waals surface area contributed by atoms with Gasteiger partial charge in [-0.25, -0.2) is 14.4 Å². The first-order chi connectivity index (χ1) is 15.2. The van der Waals surface area contributed by atoms with Gasteiger partial charge in [0.05, 0.1) is 13.2 Å². The highest BCUT2D eigenvalue weighted by atomic mass is 16.6. The van der Waals surface area contributed by atoms with E-state index in [1.54, 1.807) is 11.8 Å². The normalized spacial score (nSPS) is 17.3. The number of carboxylic acids is 2. The Kier molecular flexibility index (Phi) is 9.51. The van der Waals surface area contributed by atoms with Crippen molar-refractivity contribution < 1.29 is 38.5 Å². The number of piperidine rings is 1. The maximum absolute atomic E-state index is 12.8. The van der Waals surface area contributed by atoms with Crippen LogP contribution < -0.4 is 0 Å². The highest BCUT2D eigenvalue weighted by Gasteiger charge is 2.31. The molecule has 1 aromatic heterocycles. The molecule has 0 unspecified atom stereocenters. The van der Waals surface area contributed by atoms with Crippen LogP contribution in [0.1, 0.15) is 31.3 Å². The lowest BCUT2D eigenvalue weighted by Gasteiger charge is -2.38. The Bertz CT molecular complexity index is 781. The quantitative estimate of drug-likeness (QED) is 0.644. The van der Waals surface area contributed by atoms with Crippen LogP contribution in [-0.2, 0) is 25.7 Å². The van der Waals surface area contributed by atoms with Crippen LogP contribution >= 0.6 is 0 Å². The van der Waals surface area contributed by atoms with Gasteiger partial charge in [-0.15, -0.1) is 0 Å². The van der Waals surface area contributed by atoms with E-state index in [2.05, 4.69) is 4.90 Å². The summed E-state index contributed by atoms with van der Waals surface area (Å²) in [5, 5.41) is 14.8. The molecular weight excluding hydrogens is 422 g/mol. The number of nitrogens with zero attached hydrogens (tertiary/aromatic N) is 3. The maximum atomic E-state index is 12.8. The molecule has 0 atom stereocenters. The second-order valence-electron chi connectivity index (χ2n) is 7.68. The van der Waals surface area contributed by atoms with Crippen LogP contribution in [0.25, 0.3) is 0 Å². The molecule has 3 heterocycles. The fraction of sp³-hybridized carbons (Fsp3) is 0.619. The first-order valence-electron chi connectivity index (χ1n) is 10.7. The minimum absolute atomic E-state index is 0.0960. The number of carbonyl (C=O) groups is 4. The third-order valence-electron chi connectivity index (χ3n) is 5.41. The van der Waals surface area contributed by atoms with Gasteiger partial charge in [-0.1, -0.05) is 0 Å². The average Bonchev–Trinajstić information content (AvgIpc) is 3.19. The Morgan fingerprint density at radius 3 is 2.00 bits per heavy atom. The molecule has 0 aromatic carbocycles. The number of carbonyl (C=O) groups excluding carboxylic acids is 2. The zero-order valence-corrected chi connectivity index (χ0v) is 18.5. The van der Waals surface area contributed by atoms with Gasteiger partial charge in [0.25, 0.3) is 0 Å². The lowest BCUT2D eigenvalue weighted by Crippen LogP contribution is -2.53. The van der Waals surface area contributed by atoms with Crippen molar-refractivity contribution in [2.24, 2.45) is 5.92 Å². The number of furan rings is 1. The number of carboxylic acid groups (broad SMARTS) is 2. The van der Waals surface area contributed by atoms with E-state index in [4.69, 9.17) is 29.0 Å². The molecule has 11 heteroatoms. The summed E-state index contributed by atoms with van der Waals surface area (Å²) in [5.74, 6) is -1.39. The Morgan fingerprint density at radius 2 is 1.53 bits per heavy atom. The predicted octanol–water partition coefficient (Wildman–Crippen LogP) is 1.26. The molecule has 2 N–H and O–H groups in total. The molecule has 1 aromatic rings. The topological polar surface area (TPSA) is 141 Å². The smallest absolute Gasteiger partial charge is 0.414 e. The monoisotopic (exact) mass is 453 g/mol. The molecule has 11 nitrogen and oxygen atoms in total. The van der Waals surface area contributed by atoms with Crippen LogP contribution in [0.2, 0.25) is 0 Å². The highest BCUT2D eigenvalue weighted by Crippen LogP contribution is 2.22. The van der Waals surface area contributed by atoms with Crippen molar-refractivity contribution in [2.45, 2.75) is 33.2 Å². The zero-order chi connectivity index (χ0) is 23.7. The van der Waals surface area contributed by atoms with Gasteiger partial charge in [-0.05, 0) is 51.9 Å². The number of ether oxygens (including phenoxy) is 1. The van der Waals surface area contributed by atoms with Gasteiger partial charge in [-0.2, -0.15) is 0 Å². The van der Waals surface area contributed by atoms with Crippen molar-refractivity contribution in [1.82, 2.24) is 14.7 Å². The average molecular weight is 453 g/mol. The summed E-state index contributed by atoms with van der Waals surface area (Å²) in [7, 11) is 0. The van der Waals surface area contributed by atoms with Crippen molar-refractivity contribution in [1.29, 1.82) is 0 Å². The summed E-state index contributed by atoms with van der Waals surface area (Å²) >= 11 is 0. The summed E-state index contributed by atoms with van der Waals surface area (Å²) in [5.41, 5.74) is 0. The van der Waals surface area contributed by atoms with Gasteiger partial charge in [0.15, 0.2) is 0 Å². The molecule has 2 amide bonds. The Morgan fingerprint density at radius 1 is 0.969 bits per heavy atom. The molecule has 3 rings (SSSR count). The predicted molar refractivity (Wildman–Crippen MR) is 112 cm³/mol. The number of hydrogen-bond acceptors (Lipinski definition) is 7. The van der Waals surface area contributed by atoms with Crippen molar-refractivity contribution in [3.63, 3.8) is 0 Å². The van der Waals surface area contributed by atoms with E-state index in [0.717, 1.165) is 44.0 Å². The minimum Gasteiger partial charge on any atom is -0.473 e. The first kappa shape index (κ1) is 25.2. The van der Waals surface area contributed by atoms with E-state index in [1.807, 2.05) is 24.0 Å². The van der Waals surface area contributed by atoms with Crippen LogP contribution in [0.5, 0.6) is 0 Å². The Balaban J connectivity index is 0.000000534. The Labute approximate surface area is 186 Å². The van der Waals surface area contributed by atoms with Crippen molar-refractivity contribution in [2.75, 3.05) is 45.9 Å². The van der Waals surface area contributed by atoms with E-state index in [9.17, 15) is 9.59 Å². The molecule has 2 aliphatic rings. The summed E-state index contributed by atoms with van der Waals surface area (Å²) in [6.45, 7) is 9.10. The zero-order valence-electron chi connectivity index (χ0n) is 18.5. The third-order valence-corrected chi connectivity index (χ3v) is 5.41. The molecule has 32 heavy (non-hydrogen) atoms. The number of piperazine rings is 1. The van der Waals surface area contributed by atoms with E-state index in [0.29, 0.717) is 32.8 Å². The summed E-state index contributed by atoms with van der Waals surface area (Å²) in [6.07, 6.45) is 1.49. The number of amides is 2. The van der Waals surface area contributed by atoms with E-state index in [1.165, 1.54) is 0 Å². The molecule has 178 valence electrons. The summed E-state index contributed by atoms with van der Waals surface area (Å²) in [4.78, 5) is 48.7. The first-order valence-corrected chi connectivity index (χ1v) is 10.7. The van der Waals surface area contributed by atoms with Crippen molar-refractivity contribution in [3.05, 3.63) is 23.7 Å². The molecule has 0 spiro atoms. The van der Waals surface area contributed by atoms with Gasteiger partial charge >= 0.3 is 18.0 Å². The van der Waals surface area contributed by atoms with Crippen LogP contribution in [0.3, 0.4) is 0 Å². The van der Waals surface area contributed by atoms with Crippen molar-refractivity contribution in [3.8, 4) is 0 Å². The fourth-order valence-electron chi connectivity index (χ4n) is 3.71. The van der Waals surface area contributed by atoms with Crippen LogP contribution in [0, 0.1) is 12.8 Å². The van der Waals surface area contributed by atoms with Crippen LogP contribution in [0.4, 0.5) is 4.79 Å². The van der Waals surface area contributed by atoms with Crippen molar-refractivity contribution >= 4 is 23.9 Å². The molecule has 0 saturated carbocycles. The SMILES string of the molecule is CCOC(=O)N1CCN(C(=O)C2CCN(Cc3ccc(C)o3)CC2)CC1.O=C(O)C(=O)O. The molecule has 0 radical (unpaired) electrons. The van der Waals surface area contributed by atoms with Crippen LogP contribution in [0.15, 0.2) is 16.5 Å². The van der Waals surface area contributed by atoms with Gasteiger partial charge in [0.1, 0.15) is 11.5 Å². The summed E-state index contributed by atoms with van der Waals surface area (Å²) in [6, 6.07) is 4.01. The van der Waals surface area contributed by atoms with Gasteiger partial charge in [0, 0.05) is 32.1 Å². The number of aliphatic carboxylic acids is 2. The highest BCUT2D eigenvalue weighted by molar-refractivity contribution is 6.27. The fourth-order valence-corrected chi connectivity index (χ4v) is 3.71. The minimum atomic E-state index is -1.82.